The van der Waals surface area contributed by atoms with Gasteiger partial charge in [-0.05, 0) is 12.8 Å². The average Bonchev–Trinajstić information content (AvgIpc) is 2.15. The molecular weight excluding hydrogens is 176 g/mol. The summed E-state index contributed by atoms with van der Waals surface area (Å²) in [5.74, 6) is -0.219. The molecule has 0 fully saturated rings. The van der Waals surface area contributed by atoms with Crippen LogP contribution in [0.1, 0.15) is 52.4 Å². The van der Waals surface area contributed by atoms with Crippen molar-refractivity contribution >= 4 is 5.97 Å². The van der Waals surface area contributed by atoms with Crippen molar-refractivity contribution in [2.75, 3.05) is 0 Å². The molecule has 2 heteroatoms. The van der Waals surface area contributed by atoms with Crippen molar-refractivity contribution in [3.8, 4) is 0 Å². The minimum absolute atomic E-state index is 0.0888. The largest absolute Gasteiger partial charge is 0.458 e. The number of unbranched alkanes of at least 4 members (excludes halogenated alkanes) is 4. The van der Waals surface area contributed by atoms with E-state index in [2.05, 4.69) is 13.5 Å². The summed E-state index contributed by atoms with van der Waals surface area (Å²) in [6.07, 6.45) is 8.70. The van der Waals surface area contributed by atoms with E-state index in [1.807, 2.05) is 0 Å². The highest BCUT2D eigenvalue weighted by molar-refractivity contribution is 5.66. The van der Waals surface area contributed by atoms with Crippen LogP contribution < -0.4 is 0 Å². The number of carbonyl (C=O) groups is 1. The standard InChI is InChI=1S/C12H22O2/c1-4-6-7-8-9-10-12(5-2)14-11(3)13/h5,12H,2,4,6-10H2,1,3H3/t12-/m1/s1. The highest BCUT2D eigenvalue weighted by atomic mass is 16.5. The predicted octanol–water partition coefficient (Wildman–Crippen LogP) is 3.46. The van der Waals surface area contributed by atoms with E-state index in [4.69, 9.17) is 4.74 Å². The van der Waals surface area contributed by atoms with Gasteiger partial charge >= 0.3 is 5.97 Å². The summed E-state index contributed by atoms with van der Waals surface area (Å²) >= 11 is 0. The first-order chi connectivity index (χ1) is 6.70. The van der Waals surface area contributed by atoms with Gasteiger partial charge < -0.3 is 4.74 Å². The Kier molecular flexibility index (Phi) is 8.30. The van der Waals surface area contributed by atoms with E-state index < -0.39 is 0 Å². The first-order valence-corrected chi connectivity index (χ1v) is 5.50. The second-order valence-electron chi connectivity index (χ2n) is 3.59. The zero-order valence-corrected chi connectivity index (χ0v) is 9.42. The van der Waals surface area contributed by atoms with Gasteiger partial charge in [-0.15, -0.1) is 0 Å². The van der Waals surface area contributed by atoms with Crippen molar-refractivity contribution in [1.29, 1.82) is 0 Å². The monoisotopic (exact) mass is 198 g/mol. The molecule has 14 heavy (non-hydrogen) atoms. The normalized spacial score (nSPS) is 12.1. The van der Waals surface area contributed by atoms with Crippen molar-refractivity contribution in [3.05, 3.63) is 12.7 Å². The van der Waals surface area contributed by atoms with Crippen molar-refractivity contribution in [1.82, 2.24) is 0 Å². The molecule has 0 amide bonds. The fourth-order valence-corrected chi connectivity index (χ4v) is 1.39. The maximum absolute atomic E-state index is 10.7. The van der Waals surface area contributed by atoms with E-state index in [0.29, 0.717) is 0 Å². The van der Waals surface area contributed by atoms with Gasteiger partial charge in [-0.3, -0.25) is 4.79 Å². The summed E-state index contributed by atoms with van der Waals surface area (Å²) < 4.78 is 5.05. The quantitative estimate of drug-likeness (QED) is 0.339. The van der Waals surface area contributed by atoms with Crippen molar-refractivity contribution in [2.24, 2.45) is 0 Å². The SMILES string of the molecule is C=C[C@H](CCCCCCC)OC(C)=O. The summed E-state index contributed by atoms with van der Waals surface area (Å²) in [4.78, 5) is 10.7. The number of carbonyl (C=O) groups excluding carboxylic acids is 1. The third-order valence-corrected chi connectivity index (χ3v) is 2.17. The van der Waals surface area contributed by atoms with Crippen LogP contribution >= 0.6 is 0 Å². The molecule has 0 bridgehead atoms. The molecule has 0 aromatic rings. The van der Waals surface area contributed by atoms with Gasteiger partial charge in [0.05, 0.1) is 0 Å². The Bertz CT molecular complexity index is 164. The molecular formula is C12H22O2. The lowest BCUT2D eigenvalue weighted by Gasteiger charge is -2.11. The average molecular weight is 198 g/mol. The van der Waals surface area contributed by atoms with Crippen LogP contribution in [0.5, 0.6) is 0 Å². The summed E-state index contributed by atoms with van der Waals surface area (Å²) in [5, 5.41) is 0. The molecule has 0 aliphatic rings. The molecule has 2 nitrogen and oxygen atoms in total. The Labute approximate surface area is 87.3 Å². The molecule has 82 valence electrons. The zero-order valence-electron chi connectivity index (χ0n) is 9.42. The van der Waals surface area contributed by atoms with Gasteiger partial charge in [0.15, 0.2) is 0 Å². The number of esters is 1. The van der Waals surface area contributed by atoms with Gasteiger partial charge in [-0.25, -0.2) is 0 Å². The second kappa shape index (κ2) is 8.79. The van der Waals surface area contributed by atoms with Gasteiger partial charge in [0.1, 0.15) is 6.10 Å². The Hall–Kier alpha value is -0.790. The van der Waals surface area contributed by atoms with Gasteiger partial charge in [0.2, 0.25) is 0 Å². The van der Waals surface area contributed by atoms with E-state index in [-0.39, 0.29) is 12.1 Å². The van der Waals surface area contributed by atoms with Crippen LogP contribution in [-0.2, 0) is 9.53 Å². The minimum atomic E-state index is -0.219. The van der Waals surface area contributed by atoms with Crippen LogP contribution in [0.15, 0.2) is 12.7 Å². The van der Waals surface area contributed by atoms with Gasteiger partial charge in [0, 0.05) is 6.92 Å². The van der Waals surface area contributed by atoms with Crippen LogP contribution in [-0.4, -0.2) is 12.1 Å². The van der Waals surface area contributed by atoms with Crippen molar-refractivity contribution in [3.63, 3.8) is 0 Å². The summed E-state index contributed by atoms with van der Waals surface area (Å²) in [6.45, 7) is 7.29. The van der Waals surface area contributed by atoms with E-state index in [0.717, 1.165) is 12.8 Å². The third kappa shape index (κ3) is 7.84. The summed E-state index contributed by atoms with van der Waals surface area (Å²) in [7, 11) is 0. The molecule has 1 atom stereocenters. The minimum Gasteiger partial charge on any atom is -0.458 e. The van der Waals surface area contributed by atoms with Gasteiger partial charge in [-0.1, -0.05) is 45.3 Å². The highest BCUT2D eigenvalue weighted by Gasteiger charge is 2.06. The van der Waals surface area contributed by atoms with Gasteiger partial charge in [0.25, 0.3) is 0 Å². The van der Waals surface area contributed by atoms with Crippen LogP contribution in [0.25, 0.3) is 0 Å². The molecule has 0 saturated carbocycles. The van der Waals surface area contributed by atoms with E-state index in [1.165, 1.54) is 32.6 Å². The fraction of sp³-hybridized carbons (Fsp3) is 0.750. The van der Waals surface area contributed by atoms with Crippen LogP contribution in [0.3, 0.4) is 0 Å². The highest BCUT2D eigenvalue weighted by Crippen LogP contribution is 2.10. The first kappa shape index (κ1) is 13.2. The Balaban J connectivity index is 3.43. The molecule has 0 aliphatic heterocycles. The molecule has 0 N–H and O–H groups in total. The first-order valence-electron chi connectivity index (χ1n) is 5.50. The summed E-state index contributed by atoms with van der Waals surface area (Å²) in [6, 6.07) is 0. The number of hydrogen-bond donors (Lipinski definition) is 0. The Morgan fingerprint density at radius 3 is 2.50 bits per heavy atom. The molecule has 0 aliphatic carbocycles. The topological polar surface area (TPSA) is 26.3 Å². The van der Waals surface area contributed by atoms with Gasteiger partial charge in [-0.2, -0.15) is 0 Å². The smallest absolute Gasteiger partial charge is 0.303 e. The Morgan fingerprint density at radius 2 is 2.00 bits per heavy atom. The lowest BCUT2D eigenvalue weighted by molar-refractivity contribution is -0.144. The molecule has 0 aromatic heterocycles. The second-order valence-corrected chi connectivity index (χ2v) is 3.59. The van der Waals surface area contributed by atoms with Crippen LogP contribution in [0.4, 0.5) is 0 Å². The van der Waals surface area contributed by atoms with E-state index in [9.17, 15) is 4.79 Å². The molecule has 0 unspecified atom stereocenters. The number of rotatable bonds is 8. The maximum atomic E-state index is 10.7. The number of hydrogen-bond acceptors (Lipinski definition) is 2. The molecule has 0 heterocycles. The maximum Gasteiger partial charge on any atom is 0.303 e. The van der Waals surface area contributed by atoms with E-state index in [1.54, 1.807) is 6.08 Å². The lowest BCUT2D eigenvalue weighted by atomic mass is 10.1. The number of ether oxygens (including phenoxy) is 1. The van der Waals surface area contributed by atoms with Crippen LogP contribution in [0.2, 0.25) is 0 Å². The fourth-order valence-electron chi connectivity index (χ4n) is 1.39. The molecule has 0 rings (SSSR count). The Morgan fingerprint density at radius 1 is 1.36 bits per heavy atom. The molecule has 0 aromatic carbocycles. The van der Waals surface area contributed by atoms with Crippen molar-refractivity contribution in [2.45, 2.75) is 58.5 Å². The van der Waals surface area contributed by atoms with Crippen LogP contribution in [0, 0.1) is 0 Å². The third-order valence-electron chi connectivity index (χ3n) is 2.17. The zero-order chi connectivity index (χ0) is 10.8. The predicted molar refractivity (Wildman–Crippen MR) is 59.1 cm³/mol. The molecule has 0 radical (unpaired) electrons. The molecule has 0 saturated heterocycles. The summed E-state index contributed by atoms with van der Waals surface area (Å²) in [5.41, 5.74) is 0. The lowest BCUT2D eigenvalue weighted by Crippen LogP contribution is -2.13. The van der Waals surface area contributed by atoms with Crippen molar-refractivity contribution < 1.29 is 9.53 Å². The molecule has 0 spiro atoms. The van der Waals surface area contributed by atoms with E-state index >= 15 is 0 Å².